The van der Waals surface area contributed by atoms with E-state index in [0.29, 0.717) is 17.5 Å². The fourth-order valence-corrected chi connectivity index (χ4v) is 2.91. The Kier molecular flexibility index (Phi) is 3.52. The van der Waals surface area contributed by atoms with Gasteiger partial charge in [0, 0.05) is 12.1 Å². The maximum Gasteiger partial charge on any atom is 0.255 e. The number of rotatable bonds is 3. The number of aromatic nitrogens is 4. The zero-order valence-corrected chi connectivity index (χ0v) is 12.2. The Hall–Kier alpha value is -1.40. The highest BCUT2D eigenvalue weighted by Gasteiger charge is 2.29. The molecule has 6 nitrogen and oxygen atoms in total. The van der Waals surface area contributed by atoms with Gasteiger partial charge in [0.2, 0.25) is 0 Å². The summed E-state index contributed by atoms with van der Waals surface area (Å²) < 4.78 is 1.62. The predicted molar refractivity (Wildman–Crippen MR) is 77.1 cm³/mol. The minimum absolute atomic E-state index is 0.406. The van der Waals surface area contributed by atoms with Gasteiger partial charge in [-0.25, -0.2) is 0 Å². The average Bonchev–Trinajstić information content (AvgIpc) is 2.88. The Labute approximate surface area is 122 Å². The molecule has 20 heavy (non-hydrogen) atoms. The van der Waals surface area contributed by atoms with Crippen molar-refractivity contribution in [1.82, 2.24) is 19.6 Å². The highest BCUT2D eigenvalue weighted by atomic mass is 35.5. The van der Waals surface area contributed by atoms with E-state index in [9.17, 15) is 5.11 Å². The number of fused-ring (bicyclic) bond motifs is 1. The van der Waals surface area contributed by atoms with Crippen molar-refractivity contribution < 1.29 is 5.11 Å². The lowest BCUT2D eigenvalue weighted by Gasteiger charge is -2.32. The molecular weight excluding hydrogens is 278 g/mol. The van der Waals surface area contributed by atoms with Crippen LogP contribution in [0.25, 0.3) is 5.78 Å². The maximum atomic E-state index is 10.6. The zero-order chi connectivity index (χ0) is 14.2. The first kappa shape index (κ1) is 13.6. The molecule has 3 rings (SSSR count). The van der Waals surface area contributed by atoms with E-state index in [2.05, 4.69) is 20.4 Å². The van der Waals surface area contributed by atoms with Crippen molar-refractivity contribution in [1.29, 1.82) is 0 Å². The summed E-state index contributed by atoms with van der Waals surface area (Å²) in [6.45, 7) is 2.37. The smallest absolute Gasteiger partial charge is 0.255 e. The molecule has 0 atom stereocenters. The predicted octanol–water partition coefficient (Wildman–Crippen LogP) is 2.19. The zero-order valence-electron chi connectivity index (χ0n) is 11.4. The van der Waals surface area contributed by atoms with Crippen molar-refractivity contribution in [3.8, 4) is 0 Å². The second-order valence-electron chi connectivity index (χ2n) is 5.49. The number of halogens is 1. The van der Waals surface area contributed by atoms with Crippen molar-refractivity contribution >= 4 is 23.2 Å². The fraction of sp³-hybridized carbons (Fsp3) is 0.615. The fourth-order valence-electron chi connectivity index (χ4n) is 2.74. The van der Waals surface area contributed by atoms with Crippen LogP contribution in [-0.2, 0) is 0 Å². The van der Waals surface area contributed by atoms with Crippen molar-refractivity contribution in [3.63, 3.8) is 0 Å². The minimum atomic E-state index is -0.645. The van der Waals surface area contributed by atoms with Crippen LogP contribution in [-0.4, -0.2) is 36.8 Å². The number of nitrogens with one attached hydrogen (secondary N) is 1. The molecule has 2 heterocycles. The van der Waals surface area contributed by atoms with E-state index in [0.717, 1.165) is 37.1 Å². The topological polar surface area (TPSA) is 75.3 Å². The molecule has 7 heteroatoms. The van der Waals surface area contributed by atoms with E-state index in [-0.39, 0.29) is 0 Å². The first-order valence-electron chi connectivity index (χ1n) is 6.91. The monoisotopic (exact) mass is 295 g/mol. The van der Waals surface area contributed by atoms with E-state index in [1.165, 1.54) is 12.7 Å². The van der Waals surface area contributed by atoms with Gasteiger partial charge >= 0.3 is 0 Å². The van der Waals surface area contributed by atoms with E-state index in [4.69, 9.17) is 11.6 Å². The maximum absolute atomic E-state index is 10.6. The van der Waals surface area contributed by atoms with Gasteiger partial charge in [0.15, 0.2) is 0 Å². The first-order valence-corrected chi connectivity index (χ1v) is 7.29. The van der Waals surface area contributed by atoms with Crippen LogP contribution in [0.1, 0.15) is 37.7 Å². The van der Waals surface area contributed by atoms with Crippen LogP contribution in [0.3, 0.4) is 0 Å². The molecule has 0 spiro atoms. The number of hydrogen-bond acceptors (Lipinski definition) is 5. The van der Waals surface area contributed by atoms with Crippen LogP contribution in [0.4, 0.5) is 5.82 Å². The highest BCUT2D eigenvalue weighted by molar-refractivity contribution is 6.30. The SMILES string of the molecule is Cc1c(Cl)nc2ncnn2c1NCC1(O)CCCCC1. The Morgan fingerprint density at radius 1 is 1.40 bits per heavy atom. The van der Waals surface area contributed by atoms with Crippen LogP contribution < -0.4 is 5.32 Å². The van der Waals surface area contributed by atoms with Crippen LogP contribution >= 0.6 is 11.6 Å². The number of hydrogen-bond donors (Lipinski definition) is 2. The average molecular weight is 296 g/mol. The van der Waals surface area contributed by atoms with Gasteiger partial charge in [0.1, 0.15) is 17.3 Å². The lowest BCUT2D eigenvalue weighted by molar-refractivity contribution is 0.0166. The van der Waals surface area contributed by atoms with Gasteiger partial charge < -0.3 is 10.4 Å². The Balaban J connectivity index is 1.86. The summed E-state index contributed by atoms with van der Waals surface area (Å²) in [4.78, 5) is 8.21. The lowest BCUT2D eigenvalue weighted by atomic mass is 9.85. The first-order chi connectivity index (χ1) is 9.59. The summed E-state index contributed by atoms with van der Waals surface area (Å²) >= 11 is 6.11. The molecule has 2 N–H and O–H groups in total. The number of aliphatic hydroxyl groups is 1. The van der Waals surface area contributed by atoms with Crippen molar-refractivity contribution in [3.05, 3.63) is 17.0 Å². The van der Waals surface area contributed by atoms with E-state index >= 15 is 0 Å². The summed E-state index contributed by atoms with van der Waals surface area (Å²) in [7, 11) is 0. The van der Waals surface area contributed by atoms with E-state index < -0.39 is 5.60 Å². The van der Waals surface area contributed by atoms with Gasteiger partial charge in [0.25, 0.3) is 5.78 Å². The highest BCUT2D eigenvalue weighted by Crippen LogP contribution is 2.29. The van der Waals surface area contributed by atoms with Crippen molar-refractivity contribution in [2.75, 3.05) is 11.9 Å². The van der Waals surface area contributed by atoms with Crippen LogP contribution in [0, 0.1) is 6.92 Å². The molecule has 108 valence electrons. The Bertz CT molecular complexity index is 620. The molecule has 1 aliphatic carbocycles. The van der Waals surface area contributed by atoms with Crippen LogP contribution in [0.5, 0.6) is 0 Å². The molecule has 0 bridgehead atoms. The normalized spacial score (nSPS) is 18.4. The van der Waals surface area contributed by atoms with Gasteiger partial charge in [0.05, 0.1) is 5.60 Å². The quantitative estimate of drug-likeness (QED) is 0.849. The summed E-state index contributed by atoms with van der Waals surface area (Å²) in [5, 5.41) is 18.4. The van der Waals surface area contributed by atoms with Gasteiger partial charge in [-0.05, 0) is 19.8 Å². The van der Waals surface area contributed by atoms with Gasteiger partial charge in [-0.2, -0.15) is 19.6 Å². The molecule has 0 radical (unpaired) electrons. The second kappa shape index (κ2) is 5.18. The molecule has 0 saturated heterocycles. The minimum Gasteiger partial charge on any atom is -0.388 e. The third-order valence-corrected chi connectivity index (χ3v) is 4.34. The molecule has 1 fully saturated rings. The van der Waals surface area contributed by atoms with Crippen molar-refractivity contribution in [2.45, 2.75) is 44.6 Å². The van der Waals surface area contributed by atoms with E-state index in [1.807, 2.05) is 6.92 Å². The molecule has 0 aromatic carbocycles. The molecule has 2 aromatic heterocycles. The Morgan fingerprint density at radius 3 is 2.90 bits per heavy atom. The number of anilines is 1. The van der Waals surface area contributed by atoms with Crippen molar-refractivity contribution in [2.24, 2.45) is 0 Å². The molecule has 0 unspecified atom stereocenters. The summed E-state index contributed by atoms with van der Waals surface area (Å²) in [5.41, 5.74) is 0.164. The standard InChI is InChI=1S/C13H18ClN5O/c1-9-10(14)18-12-16-8-17-19(12)11(9)15-7-13(20)5-3-2-4-6-13/h8,15,20H,2-7H2,1H3. The lowest BCUT2D eigenvalue weighted by Crippen LogP contribution is -2.39. The molecule has 1 aliphatic rings. The number of nitrogens with zero attached hydrogens (tertiary/aromatic N) is 4. The third-order valence-electron chi connectivity index (χ3n) is 3.97. The largest absolute Gasteiger partial charge is 0.388 e. The summed E-state index contributed by atoms with van der Waals surface area (Å²) in [5.74, 6) is 1.20. The molecule has 0 aliphatic heterocycles. The molecule has 1 saturated carbocycles. The van der Waals surface area contributed by atoms with Gasteiger partial charge in [-0.15, -0.1) is 0 Å². The van der Waals surface area contributed by atoms with Crippen LogP contribution in [0.15, 0.2) is 6.33 Å². The molecular formula is C13H18ClN5O. The van der Waals surface area contributed by atoms with E-state index in [1.54, 1.807) is 4.52 Å². The summed E-state index contributed by atoms with van der Waals surface area (Å²) in [6.07, 6.45) is 6.46. The third kappa shape index (κ3) is 2.45. The molecule has 2 aromatic rings. The second-order valence-corrected chi connectivity index (χ2v) is 5.84. The van der Waals surface area contributed by atoms with Gasteiger partial charge in [-0.3, -0.25) is 0 Å². The molecule has 0 amide bonds. The van der Waals surface area contributed by atoms with Gasteiger partial charge in [-0.1, -0.05) is 30.9 Å². The Morgan fingerprint density at radius 2 is 2.15 bits per heavy atom. The summed E-state index contributed by atoms with van der Waals surface area (Å²) in [6, 6.07) is 0. The van der Waals surface area contributed by atoms with Crippen LogP contribution in [0.2, 0.25) is 5.15 Å².